The van der Waals surface area contributed by atoms with Crippen LogP contribution in [0.2, 0.25) is 0 Å². The van der Waals surface area contributed by atoms with Crippen LogP contribution in [-0.4, -0.2) is 41.3 Å². The number of β-amino-alcohol motifs (C(OH)–C–C–N with tert-alkyl or cyclic N) is 1. The second-order valence-corrected chi connectivity index (χ2v) is 4.48. The van der Waals surface area contributed by atoms with E-state index >= 15 is 0 Å². The van der Waals surface area contributed by atoms with Gasteiger partial charge in [0.15, 0.2) is 0 Å². The molecule has 2 atom stereocenters. The lowest BCUT2D eigenvalue weighted by Crippen LogP contribution is -2.36. The lowest BCUT2D eigenvalue weighted by atomic mass is 9.94. The van der Waals surface area contributed by atoms with Gasteiger partial charge in [0, 0.05) is 25.2 Å². The molecule has 3 N–H and O–H groups in total. The minimum Gasteiger partial charge on any atom is -0.390 e. The predicted octanol–water partition coefficient (Wildman–Crippen LogP) is 0.323. The first-order valence-electron chi connectivity index (χ1n) is 5.45. The van der Waals surface area contributed by atoms with Gasteiger partial charge in [0.05, 0.1) is 6.10 Å². The van der Waals surface area contributed by atoms with Crippen molar-refractivity contribution in [3.63, 3.8) is 0 Å². The summed E-state index contributed by atoms with van der Waals surface area (Å²) >= 11 is 0. The zero-order valence-corrected chi connectivity index (χ0v) is 8.15. The summed E-state index contributed by atoms with van der Waals surface area (Å²) in [5.41, 5.74) is 5.78. The molecule has 0 aromatic carbocycles. The van der Waals surface area contributed by atoms with E-state index in [1.165, 1.54) is 32.1 Å². The fourth-order valence-corrected chi connectivity index (χ4v) is 2.59. The first kappa shape index (κ1) is 9.44. The van der Waals surface area contributed by atoms with Crippen LogP contribution in [0.5, 0.6) is 0 Å². The van der Waals surface area contributed by atoms with Crippen molar-refractivity contribution >= 4 is 0 Å². The molecule has 0 aromatic rings. The summed E-state index contributed by atoms with van der Waals surface area (Å²) in [6.45, 7) is 1.69. The molecule has 0 unspecified atom stereocenters. The van der Waals surface area contributed by atoms with Crippen molar-refractivity contribution in [3.8, 4) is 0 Å². The van der Waals surface area contributed by atoms with Crippen molar-refractivity contribution < 1.29 is 5.11 Å². The van der Waals surface area contributed by atoms with Crippen LogP contribution in [-0.2, 0) is 0 Å². The Morgan fingerprint density at radius 2 is 1.77 bits per heavy atom. The Kier molecular flexibility index (Phi) is 2.86. The highest BCUT2D eigenvalue weighted by Crippen LogP contribution is 2.25. The molecule has 1 saturated carbocycles. The Balaban J connectivity index is 1.87. The van der Waals surface area contributed by atoms with Crippen molar-refractivity contribution in [2.75, 3.05) is 13.1 Å². The van der Waals surface area contributed by atoms with Gasteiger partial charge in [-0.25, -0.2) is 0 Å². The molecular weight excluding hydrogens is 164 g/mol. The van der Waals surface area contributed by atoms with E-state index in [2.05, 4.69) is 4.90 Å². The second kappa shape index (κ2) is 3.95. The van der Waals surface area contributed by atoms with Crippen LogP contribution in [0.4, 0.5) is 0 Å². The topological polar surface area (TPSA) is 49.5 Å². The minimum atomic E-state index is -0.290. The maximum Gasteiger partial charge on any atom is 0.0830 e. The van der Waals surface area contributed by atoms with E-state index in [1.54, 1.807) is 0 Å². The van der Waals surface area contributed by atoms with E-state index in [0.717, 1.165) is 13.1 Å². The molecule has 2 fully saturated rings. The Morgan fingerprint density at radius 1 is 1.08 bits per heavy atom. The van der Waals surface area contributed by atoms with Gasteiger partial charge >= 0.3 is 0 Å². The van der Waals surface area contributed by atoms with Gasteiger partial charge in [0.2, 0.25) is 0 Å². The van der Waals surface area contributed by atoms with Gasteiger partial charge in [-0.2, -0.15) is 0 Å². The van der Waals surface area contributed by atoms with E-state index in [-0.39, 0.29) is 12.1 Å². The maximum absolute atomic E-state index is 9.53. The first-order valence-corrected chi connectivity index (χ1v) is 5.45. The molecule has 0 aromatic heterocycles. The van der Waals surface area contributed by atoms with E-state index in [0.29, 0.717) is 6.04 Å². The van der Waals surface area contributed by atoms with Crippen molar-refractivity contribution in [2.24, 2.45) is 5.73 Å². The lowest BCUT2D eigenvalue weighted by molar-refractivity contribution is 0.139. The van der Waals surface area contributed by atoms with Crippen molar-refractivity contribution in [1.82, 2.24) is 4.90 Å². The van der Waals surface area contributed by atoms with E-state index in [9.17, 15) is 5.11 Å². The van der Waals surface area contributed by atoms with Gasteiger partial charge in [0.1, 0.15) is 0 Å². The monoisotopic (exact) mass is 184 g/mol. The molecule has 2 rings (SSSR count). The highest BCUT2D eigenvalue weighted by molar-refractivity contribution is 4.90. The van der Waals surface area contributed by atoms with Crippen LogP contribution < -0.4 is 5.73 Å². The number of nitrogens with zero attached hydrogens (tertiary/aromatic N) is 1. The summed E-state index contributed by atoms with van der Waals surface area (Å²) < 4.78 is 0. The van der Waals surface area contributed by atoms with Crippen LogP contribution in [0.25, 0.3) is 0 Å². The molecule has 1 heterocycles. The van der Waals surface area contributed by atoms with Crippen LogP contribution in [0.1, 0.15) is 32.1 Å². The summed E-state index contributed by atoms with van der Waals surface area (Å²) in [5, 5.41) is 9.53. The lowest BCUT2D eigenvalue weighted by Gasteiger charge is -2.30. The van der Waals surface area contributed by atoms with E-state index < -0.39 is 0 Å². The maximum atomic E-state index is 9.53. The Hall–Kier alpha value is -0.120. The Labute approximate surface area is 79.9 Å². The van der Waals surface area contributed by atoms with Crippen LogP contribution in [0.15, 0.2) is 0 Å². The number of nitrogens with two attached hydrogens (primary N) is 1. The smallest absolute Gasteiger partial charge is 0.0830 e. The highest BCUT2D eigenvalue weighted by atomic mass is 16.3. The zero-order chi connectivity index (χ0) is 9.26. The number of rotatable bonds is 1. The molecule has 1 saturated heterocycles. The number of aliphatic hydroxyl groups excluding tert-OH is 1. The molecule has 3 heteroatoms. The van der Waals surface area contributed by atoms with Gasteiger partial charge in [-0.05, 0) is 12.8 Å². The van der Waals surface area contributed by atoms with Crippen LogP contribution in [0, 0.1) is 0 Å². The largest absolute Gasteiger partial charge is 0.390 e. The number of aliphatic hydroxyl groups is 1. The molecule has 0 amide bonds. The standard InChI is InChI=1S/C10H20N2O/c11-9-6-12(7-10(9)13)8-4-2-1-3-5-8/h8-10,13H,1-7,11H2/t9-,10-/m0/s1. The van der Waals surface area contributed by atoms with Gasteiger partial charge in [-0.3, -0.25) is 4.90 Å². The molecule has 2 aliphatic rings. The van der Waals surface area contributed by atoms with Crippen LogP contribution in [0.3, 0.4) is 0 Å². The second-order valence-electron chi connectivity index (χ2n) is 4.48. The third kappa shape index (κ3) is 2.03. The van der Waals surface area contributed by atoms with Crippen molar-refractivity contribution in [3.05, 3.63) is 0 Å². The van der Waals surface area contributed by atoms with Gasteiger partial charge in [0.25, 0.3) is 0 Å². The quantitative estimate of drug-likeness (QED) is 0.617. The van der Waals surface area contributed by atoms with Crippen molar-refractivity contribution in [1.29, 1.82) is 0 Å². The van der Waals surface area contributed by atoms with Gasteiger partial charge in [-0.15, -0.1) is 0 Å². The minimum absolute atomic E-state index is 0.0121. The molecular formula is C10H20N2O. The summed E-state index contributed by atoms with van der Waals surface area (Å²) in [7, 11) is 0. The van der Waals surface area contributed by atoms with Gasteiger partial charge < -0.3 is 10.8 Å². The molecule has 0 radical (unpaired) electrons. The average Bonchev–Trinajstić information content (AvgIpc) is 2.49. The van der Waals surface area contributed by atoms with E-state index in [1.807, 2.05) is 0 Å². The summed E-state index contributed by atoms with van der Waals surface area (Å²) in [6.07, 6.45) is 6.42. The fraction of sp³-hybridized carbons (Fsp3) is 1.00. The highest BCUT2D eigenvalue weighted by Gasteiger charge is 2.32. The predicted molar refractivity (Wildman–Crippen MR) is 52.4 cm³/mol. The Bertz CT molecular complexity index is 158. The third-order valence-corrected chi connectivity index (χ3v) is 3.45. The zero-order valence-electron chi connectivity index (χ0n) is 8.15. The van der Waals surface area contributed by atoms with Crippen LogP contribution >= 0.6 is 0 Å². The summed E-state index contributed by atoms with van der Waals surface area (Å²) in [4.78, 5) is 2.38. The molecule has 13 heavy (non-hydrogen) atoms. The molecule has 1 aliphatic carbocycles. The fourth-order valence-electron chi connectivity index (χ4n) is 2.59. The number of hydrogen-bond donors (Lipinski definition) is 2. The van der Waals surface area contributed by atoms with E-state index in [4.69, 9.17) is 5.73 Å². The molecule has 0 bridgehead atoms. The van der Waals surface area contributed by atoms with Crippen molar-refractivity contribution in [2.45, 2.75) is 50.3 Å². The molecule has 3 nitrogen and oxygen atoms in total. The first-order chi connectivity index (χ1) is 6.27. The number of likely N-dealkylation sites (tertiary alicyclic amines) is 1. The third-order valence-electron chi connectivity index (χ3n) is 3.45. The molecule has 76 valence electrons. The number of hydrogen-bond acceptors (Lipinski definition) is 3. The molecule has 1 aliphatic heterocycles. The average molecular weight is 184 g/mol. The normalized spacial score (nSPS) is 38.3. The SMILES string of the molecule is N[C@H]1CN(C2CCCCC2)C[C@@H]1O. The summed E-state index contributed by atoms with van der Waals surface area (Å²) in [5.74, 6) is 0. The van der Waals surface area contributed by atoms with Gasteiger partial charge in [-0.1, -0.05) is 19.3 Å². The molecule has 0 spiro atoms. The summed E-state index contributed by atoms with van der Waals surface area (Å²) in [6, 6.07) is 0.693. The Morgan fingerprint density at radius 3 is 2.31 bits per heavy atom.